The van der Waals surface area contributed by atoms with Gasteiger partial charge in [0.05, 0.1) is 12.5 Å². The summed E-state index contributed by atoms with van der Waals surface area (Å²) >= 11 is 0. The molecule has 0 saturated carbocycles. The second kappa shape index (κ2) is 8.95. The third-order valence-corrected chi connectivity index (χ3v) is 5.63. The van der Waals surface area contributed by atoms with Gasteiger partial charge in [0.15, 0.2) is 0 Å². The molecule has 152 valence electrons. The number of anilines is 1. The molecule has 1 atom stereocenters. The Morgan fingerprint density at radius 2 is 1.53 bits per heavy atom. The van der Waals surface area contributed by atoms with Crippen molar-refractivity contribution >= 4 is 17.5 Å². The smallest absolute Gasteiger partial charge is 0.228 e. The van der Waals surface area contributed by atoms with Crippen molar-refractivity contribution in [2.45, 2.75) is 32.2 Å². The zero-order valence-corrected chi connectivity index (χ0v) is 17.1. The van der Waals surface area contributed by atoms with Crippen molar-refractivity contribution in [3.8, 4) is 0 Å². The number of carbonyl (C=O) groups excluding carboxylic acids is 2. The van der Waals surface area contributed by atoms with Gasteiger partial charge in [0.1, 0.15) is 0 Å². The van der Waals surface area contributed by atoms with E-state index in [0.29, 0.717) is 19.3 Å². The van der Waals surface area contributed by atoms with Crippen LogP contribution in [0.25, 0.3) is 0 Å². The highest BCUT2D eigenvalue weighted by molar-refractivity contribution is 5.99. The van der Waals surface area contributed by atoms with Gasteiger partial charge in [0.25, 0.3) is 0 Å². The van der Waals surface area contributed by atoms with Gasteiger partial charge in [-0.2, -0.15) is 0 Å². The molecule has 1 aliphatic heterocycles. The van der Waals surface area contributed by atoms with Crippen LogP contribution in [0.5, 0.6) is 0 Å². The molecule has 3 aromatic carbocycles. The van der Waals surface area contributed by atoms with E-state index >= 15 is 0 Å². The van der Waals surface area contributed by atoms with Gasteiger partial charge < -0.3 is 10.6 Å². The van der Waals surface area contributed by atoms with Gasteiger partial charge in [-0.1, -0.05) is 72.8 Å². The Kier molecular flexibility index (Phi) is 5.94. The Labute approximate surface area is 177 Å². The zero-order chi connectivity index (χ0) is 20.9. The molecule has 2 amide bonds. The maximum absolute atomic E-state index is 13.2. The van der Waals surface area contributed by atoms with Crippen LogP contribution in [0, 0.1) is 5.92 Å². The highest BCUT2D eigenvalue weighted by Crippen LogP contribution is 2.27. The van der Waals surface area contributed by atoms with Crippen LogP contribution >= 0.6 is 0 Å². The summed E-state index contributed by atoms with van der Waals surface area (Å²) < 4.78 is 0. The van der Waals surface area contributed by atoms with Crippen LogP contribution in [0.15, 0.2) is 78.9 Å². The Hall–Kier alpha value is -3.40. The van der Waals surface area contributed by atoms with Crippen LogP contribution in [0.1, 0.15) is 35.2 Å². The number of rotatable bonds is 7. The van der Waals surface area contributed by atoms with Gasteiger partial charge in [0, 0.05) is 11.6 Å². The summed E-state index contributed by atoms with van der Waals surface area (Å²) in [5.74, 6) is -0.0931. The zero-order valence-electron chi connectivity index (χ0n) is 17.1. The Bertz CT molecular complexity index is 990. The second-order valence-electron chi connectivity index (χ2n) is 7.95. The van der Waals surface area contributed by atoms with Crippen molar-refractivity contribution in [1.29, 1.82) is 0 Å². The molecule has 0 saturated heterocycles. The minimum atomic E-state index is -0.157. The Balaban J connectivity index is 1.49. The maximum atomic E-state index is 13.2. The van der Waals surface area contributed by atoms with Crippen LogP contribution < -0.4 is 10.6 Å². The predicted molar refractivity (Wildman–Crippen MR) is 119 cm³/mol. The molecule has 4 nitrogen and oxygen atoms in total. The lowest BCUT2D eigenvalue weighted by atomic mass is 9.91. The van der Waals surface area contributed by atoms with E-state index < -0.39 is 0 Å². The quantitative estimate of drug-likeness (QED) is 0.617. The first-order valence-electron chi connectivity index (χ1n) is 10.4. The van der Waals surface area contributed by atoms with E-state index in [2.05, 4.69) is 34.9 Å². The number of fused-ring (bicyclic) bond motifs is 1. The summed E-state index contributed by atoms with van der Waals surface area (Å²) in [7, 11) is 0. The van der Waals surface area contributed by atoms with Gasteiger partial charge >= 0.3 is 0 Å². The third kappa shape index (κ3) is 4.77. The molecule has 4 rings (SSSR count). The first-order valence-corrected chi connectivity index (χ1v) is 10.4. The summed E-state index contributed by atoms with van der Waals surface area (Å²) in [6, 6.07) is 26.1. The summed E-state index contributed by atoms with van der Waals surface area (Å²) in [5.41, 5.74) is 5.18. The number of carbonyl (C=O) groups is 2. The van der Waals surface area contributed by atoms with Gasteiger partial charge in [-0.3, -0.25) is 9.59 Å². The first-order chi connectivity index (χ1) is 14.6. The molecule has 1 unspecified atom stereocenters. The largest absolute Gasteiger partial charge is 0.349 e. The molecule has 1 heterocycles. The molecule has 30 heavy (non-hydrogen) atoms. The lowest BCUT2D eigenvalue weighted by Gasteiger charge is -2.21. The van der Waals surface area contributed by atoms with Gasteiger partial charge in [-0.25, -0.2) is 0 Å². The highest BCUT2D eigenvalue weighted by atomic mass is 16.2. The maximum Gasteiger partial charge on any atom is 0.228 e. The molecule has 4 heteroatoms. The van der Waals surface area contributed by atoms with E-state index in [-0.39, 0.29) is 23.8 Å². The fraction of sp³-hybridized carbons (Fsp3) is 0.231. The lowest BCUT2D eigenvalue weighted by molar-refractivity contribution is -0.125. The van der Waals surface area contributed by atoms with Crippen LogP contribution in [-0.2, 0) is 28.9 Å². The fourth-order valence-electron chi connectivity index (χ4n) is 3.99. The fourth-order valence-corrected chi connectivity index (χ4v) is 3.99. The van der Waals surface area contributed by atoms with Crippen LogP contribution in [0.4, 0.5) is 5.69 Å². The number of nitrogens with one attached hydrogen (secondary N) is 2. The summed E-state index contributed by atoms with van der Waals surface area (Å²) in [4.78, 5) is 24.9. The topological polar surface area (TPSA) is 58.2 Å². The molecule has 2 N–H and O–H groups in total. The van der Waals surface area contributed by atoms with E-state index in [1.807, 2.05) is 61.5 Å². The third-order valence-electron chi connectivity index (χ3n) is 5.63. The van der Waals surface area contributed by atoms with Crippen molar-refractivity contribution in [2.75, 3.05) is 5.32 Å². The van der Waals surface area contributed by atoms with E-state index in [1.165, 1.54) is 0 Å². The van der Waals surface area contributed by atoms with Crippen molar-refractivity contribution in [3.05, 3.63) is 101 Å². The number of benzene rings is 3. The molecule has 3 aromatic rings. The van der Waals surface area contributed by atoms with Crippen molar-refractivity contribution in [1.82, 2.24) is 5.32 Å². The van der Waals surface area contributed by atoms with E-state index in [4.69, 9.17) is 0 Å². The lowest BCUT2D eigenvalue weighted by Crippen LogP contribution is -2.35. The number of hydrogen-bond acceptors (Lipinski definition) is 2. The molecule has 0 aliphatic carbocycles. The minimum Gasteiger partial charge on any atom is -0.349 e. The molecular formula is C26H26N2O2. The van der Waals surface area contributed by atoms with Crippen LogP contribution in [-0.4, -0.2) is 11.8 Å². The minimum absolute atomic E-state index is 0.0182. The normalized spacial score (nSPS) is 13.6. The van der Waals surface area contributed by atoms with E-state index in [9.17, 15) is 9.59 Å². The standard InChI is InChI=1S/C26H26N2O2/c1-18(21-12-13-24-22(16-21)17-25(29)28-24)27-26(30)23(14-19-8-4-2-5-9-19)15-20-10-6-3-7-11-20/h2-13,16,18,23H,14-15,17H2,1H3,(H,27,30)(H,28,29). The van der Waals surface area contributed by atoms with E-state index in [0.717, 1.165) is 27.9 Å². The molecule has 0 aromatic heterocycles. The van der Waals surface area contributed by atoms with Gasteiger partial charge in [0.2, 0.25) is 11.8 Å². The molecule has 0 fully saturated rings. The van der Waals surface area contributed by atoms with Crippen LogP contribution in [0.2, 0.25) is 0 Å². The summed E-state index contributed by atoms with van der Waals surface area (Å²) in [5, 5.41) is 6.05. The predicted octanol–water partition coefficient (Wildman–Crippen LogP) is 4.46. The number of amides is 2. The Morgan fingerprint density at radius 1 is 0.933 bits per heavy atom. The first kappa shape index (κ1) is 19.9. The molecular weight excluding hydrogens is 372 g/mol. The average Bonchev–Trinajstić information content (AvgIpc) is 3.14. The summed E-state index contributed by atoms with van der Waals surface area (Å²) in [6.45, 7) is 1.99. The Morgan fingerprint density at radius 3 is 2.13 bits per heavy atom. The second-order valence-corrected chi connectivity index (χ2v) is 7.95. The van der Waals surface area contributed by atoms with Crippen LogP contribution in [0.3, 0.4) is 0 Å². The SMILES string of the molecule is CC(NC(=O)C(Cc1ccccc1)Cc1ccccc1)c1ccc2c(c1)CC(=O)N2. The van der Waals surface area contributed by atoms with Crippen molar-refractivity contribution in [2.24, 2.45) is 5.92 Å². The highest BCUT2D eigenvalue weighted by Gasteiger charge is 2.23. The number of hydrogen-bond donors (Lipinski definition) is 2. The summed E-state index contributed by atoms with van der Waals surface area (Å²) in [6.07, 6.45) is 1.78. The monoisotopic (exact) mass is 398 g/mol. The van der Waals surface area contributed by atoms with Crippen molar-refractivity contribution < 1.29 is 9.59 Å². The molecule has 1 aliphatic rings. The average molecular weight is 399 g/mol. The van der Waals surface area contributed by atoms with E-state index in [1.54, 1.807) is 0 Å². The van der Waals surface area contributed by atoms with Gasteiger partial charge in [-0.05, 0) is 48.1 Å². The molecule has 0 radical (unpaired) electrons. The van der Waals surface area contributed by atoms with Gasteiger partial charge in [-0.15, -0.1) is 0 Å². The molecule has 0 bridgehead atoms. The van der Waals surface area contributed by atoms with Crippen molar-refractivity contribution in [3.63, 3.8) is 0 Å². The molecule has 0 spiro atoms.